The molecule has 2 rings (SSSR count). The van der Waals surface area contributed by atoms with Gasteiger partial charge >= 0.3 is 0 Å². The molecule has 0 aromatic heterocycles. The quantitative estimate of drug-likeness (QED) is 0.619. The summed E-state index contributed by atoms with van der Waals surface area (Å²) in [5.41, 5.74) is 0.441. The minimum atomic E-state index is -0.432. The maximum Gasteiger partial charge on any atom is 0.251 e. The summed E-state index contributed by atoms with van der Waals surface area (Å²) < 4.78 is 16.9. The van der Waals surface area contributed by atoms with Gasteiger partial charge in [-0.15, -0.1) is 0 Å². The first-order valence-corrected chi connectivity index (χ1v) is 8.84. The number of ether oxygens (including phenoxy) is 3. The summed E-state index contributed by atoms with van der Waals surface area (Å²) in [5.74, 6) is 1.28. The van der Waals surface area contributed by atoms with Gasteiger partial charge in [-0.1, -0.05) is 0 Å². The van der Waals surface area contributed by atoms with E-state index in [2.05, 4.69) is 10.6 Å². The number of hydrogen-bond acceptors (Lipinski definition) is 6. The van der Waals surface area contributed by atoms with E-state index in [1.165, 1.54) is 0 Å². The van der Waals surface area contributed by atoms with Crippen molar-refractivity contribution in [2.24, 2.45) is 5.92 Å². The third kappa shape index (κ3) is 4.99. The Bertz CT molecular complexity index is 552. The number of hydrogen-bond donors (Lipinski definition) is 3. The van der Waals surface area contributed by atoms with Crippen molar-refractivity contribution < 1.29 is 24.1 Å². The standard InChI is InChI=1S/C18H28N2O5/c1-4-23-15-7-12(8-16(24-5-2)17(15)25-6-3)18(22)20-10-13-9-19-11-14(13)21/h7-8,13-14,19,21H,4-6,9-11H2,1-3H3,(H,20,22). The van der Waals surface area contributed by atoms with Crippen LogP contribution < -0.4 is 24.8 Å². The second kappa shape index (κ2) is 9.48. The number of carbonyl (C=O) groups is 1. The third-order valence-corrected chi connectivity index (χ3v) is 4.00. The van der Waals surface area contributed by atoms with Gasteiger partial charge in [0, 0.05) is 31.1 Å². The molecule has 140 valence electrons. The van der Waals surface area contributed by atoms with Gasteiger partial charge in [0.1, 0.15) is 0 Å². The molecule has 7 nitrogen and oxygen atoms in total. The van der Waals surface area contributed by atoms with Crippen molar-refractivity contribution in [3.8, 4) is 17.2 Å². The van der Waals surface area contributed by atoms with Crippen LogP contribution in [0.2, 0.25) is 0 Å². The Balaban J connectivity index is 2.18. The lowest BCUT2D eigenvalue weighted by atomic mass is 10.1. The van der Waals surface area contributed by atoms with E-state index >= 15 is 0 Å². The van der Waals surface area contributed by atoms with Crippen LogP contribution in [0.4, 0.5) is 0 Å². The van der Waals surface area contributed by atoms with Gasteiger partial charge in [0.05, 0.1) is 25.9 Å². The van der Waals surface area contributed by atoms with E-state index in [4.69, 9.17) is 14.2 Å². The smallest absolute Gasteiger partial charge is 0.251 e. The fraction of sp³-hybridized carbons (Fsp3) is 0.611. The zero-order valence-electron chi connectivity index (χ0n) is 15.1. The summed E-state index contributed by atoms with van der Waals surface area (Å²) >= 11 is 0. The van der Waals surface area contributed by atoms with Crippen LogP contribution in [0.5, 0.6) is 17.2 Å². The molecular weight excluding hydrogens is 324 g/mol. The average molecular weight is 352 g/mol. The van der Waals surface area contributed by atoms with E-state index in [1.807, 2.05) is 20.8 Å². The number of carbonyl (C=O) groups excluding carboxylic acids is 1. The van der Waals surface area contributed by atoms with Gasteiger partial charge in [0.25, 0.3) is 5.91 Å². The molecule has 1 aliphatic heterocycles. The zero-order valence-corrected chi connectivity index (χ0v) is 15.1. The van der Waals surface area contributed by atoms with Crippen molar-refractivity contribution in [1.29, 1.82) is 0 Å². The highest BCUT2D eigenvalue weighted by atomic mass is 16.5. The van der Waals surface area contributed by atoms with E-state index in [0.29, 0.717) is 62.3 Å². The van der Waals surface area contributed by atoms with Crippen molar-refractivity contribution in [3.63, 3.8) is 0 Å². The van der Waals surface area contributed by atoms with Crippen LogP contribution in [0.25, 0.3) is 0 Å². The first-order valence-electron chi connectivity index (χ1n) is 8.84. The van der Waals surface area contributed by atoms with Gasteiger partial charge in [-0.2, -0.15) is 0 Å². The second-order valence-corrected chi connectivity index (χ2v) is 5.80. The highest BCUT2D eigenvalue weighted by Gasteiger charge is 2.25. The predicted octanol–water partition coefficient (Wildman–Crippen LogP) is 1.19. The third-order valence-electron chi connectivity index (χ3n) is 4.00. The molecule has 0 spiro atoms. The Hall–Kier alpha value is -1.99. The zero-order chi connectivity index (χ0) is 18.2. The molecule has 1 aromatic rings. The van der Waals surface area contributed by atoms with Crippen LogP contribution in [-0.4, -0.2) is 56.6 Å². The van der Waals surface area contributed by atoms with Gasteiger partial charge in [-0.25, -0.2) is 0 Å². The molecule has 0 aliphatic carbocycles. The maximum atomic E-state index is 12.5. The second-order valence-electron chi connectivity index (χ2n) is 5.80. The molecular formula is C18H28N2O5. The molecule has 1 heterocycles. The molecule has 2 atom stereocenters. The molecule has 2 unspecified atom stereocenters. The number of nitrogens with one attached hydrogen (secondary N) is 2. The fourth-order valence-electron chi connectivity index (χ4n) is 2.77. The highest BCUT2D eigenvalue weighted by Crippen LogP contribution is 2.39. The van der Waals surface area contributed by atoms with Gasteiger partial charge in [0.2, 0.25) is 5.75 Å². The van der Waals surface area contributed by atoms with Gasteiger partial charge in [-0.3, -0.25) is 4.79 Å². The molecule has 1 aliphatic rings. The van der Waals surface area contributed by atoms with Crippen molar-refractivity contribution in [3.05, 3.63) is 17.7 Å². The van der Waals surface area contributed by atoms with Crippen molar-refractivity contribution in [2.75, 3.05) is 39.5 Å². The number of rotatable bonds is 9. The number of amides is 1. The minimum absolute atomic E-state index is 0.0179. The molecule has 1 amide bonds. The largest absolute Gasteiger partial charge is 0.490 e. The van der Waals surface area contributed by atoms with Gasteiger partial charge < -0.3 is 30.0 Å². The van der Waals surface area contributed by atoms with E-state index < -0.39 is 6.10 Å². The first-order chi connectivity index (χ1) is 12.1. The van der Waals surface area contributed by atoms with Crippen molar-refractivity contribution >= 4 is 5.91 Å². The number of aliphatic hydroxyl groups is 1. The molecule has 1 fully saturated rings. The Morgan fingerprint density at radius 3 is 2.20 bits per heavy atom. The highest BCUT2D eigenvalue weighted by molar-refractivity contribution is 5.95. The maximum absolute atomic E-state index is 12.5. The van der Waals surface area contributed by atoms with Crippen LogP contribution in [0.1, 0.15) is 31.1 Å². The molecule has 1 aromatic carbocycles. The molecule has 1 saturated heterocycles. The molecule has 25 heavy (non-hydrogen) atoms. The monoisotopic (exact) mass is 352 g/mol. The normalized spacial score (nSPS) is 19.5. The molecule has 0 saturated carbocycles. The van der Waals surface area contributed by atoms with Crippen LogP contribution in [0, 0.1) is 5.92 Å². The lowest BCUT2D eigenvalue weighted by Crippen LogP contribution is -2.34. The SMILES string of the molecule is CCOc1cc(C(=O)NCC2CNCC2O)cc(OCC)c1OCC. The van der Waals surface area contributed by atoms with E-state index in [-0.39, 0.29) is 11.8 Å². The van der Waals surface area contributed by atoms with E-state index in [0.717, 1.165) is 0 Å². The Morgan fingerprint density at radius 1 is 1.12 bits per heavy atom. The lowest BCUT2D eigenvalue weighted by molar-refractivity contribution is 0.0926. The number of β-amino-alcohol motifs (C(OH)–C–C–N with tert-alkyl or cyclic N) is 1. The Labute approximate surface area is 148 Å². The summed E-state index contributed by atoms with van der Waals surface area (Å²) in [5, 5.41) is 15.8. The van der Waals surface area contributed by atoms with Crippen LogP contribution in [0.3, 0.4) is 0 Å². The summed E-state index contributed by atoms with van der Waals surface area (Å²) in [6.07, 6.45) is -0.432. The average Bonchev–Trinajstić information content (AvgIpc) is 3.00. The molecule has 0 bridgehead atoms. The Morgan fingerprint density at radius 2 is 1.72 bits per heavy atom. The summed E-state index contributed by atoms with van der Waals surface area (Å²) in [7, 11) is 0. The van der Waals surface area contributed by atoms with Crippen LogP contribution >= 0.6 is 0 Å². The molecule has 3 N–H and O–H groups in total. The lowest BCUT2D eigenvalue weighted by Gasteiger charge is -2.18. The summed E-state index contributed by atoms with van der Waals surface area (Å²) in [6, 6.07) is 3.32. The summed E-state index contributed by atoms with van der Waals surface area (Å²) in [4.78, 5) is 12.5. The summed E-state index contributed by atoms with van der Waals surface area (Å²) in [6.45, 7) is 8.67. The molecule has 0 radical (unpaired) electrons. The van der Waals surface area contributed by atoms with Crippen LogP contribution in [-0.2, 0) is 0 Å². The van der Waals surface area contributed by atoms with Gasteiger partial charge in [0.15, 0.2) is 11.5 Å². The van der Waals surface area contributed by atoms with Crippen LogP contribution in [0.15, 0.2) is 12.1 Å². The molecule has 7 heteroatoms. The number of benzene rings is 1. The van der Waals surface area contributed by atoms with E-state index in [9.17, 15) is 9.90 Å². The number of aliphatic hydroxyl groups excluding tert-OH is 1. The predicted molar refractivity (Wildman–Crippen MR) is 94.6 cm³/mol. The Kier molecular flexibility index (Phi) is 7.33. The fourth-order valence-corrected chi connectivity index (χ4v) is 2.77. The topological polar surface area (TPSA) is 89.1 Å². The minimum Gasteiger partial charge on any atom is -0.490 e. The first kappa shape index (κ1) is 19.3. The van der Waals surface area contributed by atoms with Crippen molar-refractivity contribution in [2.45, 2.75) is 26.9 Å². The van der Waals surface area contributed by atoms with Gasteiger partial charge in [-0.05, 0) is 32.9 Å². The van der Waals surface area contributed by atoms with E-state index in [1.54, 1.807) is 12.1 Å². The van der Waals surface area contributed by atoms with Crippen molar-refractivity contribution in [1.82, 2.24) is 10.6 Å².